The van der Waals surface area contributed by atoms with E-state index in [4.69, 9.17) is 9.47 Å². The first-order chi connectivity index (χ1) is 12.2. The van der Waals surface area contributed by atoms with Gasteiger partial charge in [-0.05, 0) is 31.9 Å². The van der Waals surface area contributed by atoms with Crippen LogP contribution < -0.4 is 10.1 Å². The summed E-state index contributed by atoms with van der Waals surface area (Å²) >= 11 is 0. The minimum atomic E-state index is -0.0428. The van der Waals surface area contributed by atoms with Crippen molar-refractivity contribution in [2.24, 2.45) is 0 Å². The van der Waals surface area contributed by atoms with E-state index in [1.54, 1.807) is 0 Å². The van der Waals surface area contributed by atoms with Gasteiger partial charge in [-0.2, -0.15) is 0 Å². The molecule has 1 amide bonds. The van der Waals surface area contributed by atoms with E-state index < -0.39 is 0 Å². The van der Waals surface area contributed by atoms with Crippen LogP contribution in [-0.2, 0) is 9.53 Å². The van der Waals surface area contributed by atoms with Crippen LogP contribution in [0.5, 0.6) is 5.75 Å². The summed E-state index contributed by atoms with van der Waals surface area (Å²) in [6.07, 6.45) is 6.11. The molecule has 1 heterocycles. The summed E-state index contributed by atoms with van der Waals surface area (Å²) in [5.74, 6) is 0.695. The van der Waals surface area contributed by atoms with Gasteiger partial charge in [-0.25, -0.2) is 0 Å². The number of rotatable bonds is 6. The van der Waals surface area contributed by atoms with Crippen molar-refractivity contribution in [2.75, 3.05) is 39.5 Å². The third-order valence-corrected chi connectivity index (χ3v) is 5.47. The van der Waals surface area contributed by atoms with Crippen molar-refractivity contribution in [2.45, 2.75) is 44.6 Å². The van der Waals surface area contributed by atoms with Crippen molar-refractivity contribution in [3.63, 3.8) is 0 Å². The fraction of sp³-hybridized carbons (Fsp3) is 0.650. The number of amides is 1. The number of nitrogens with one attached hydrogen (secondary N) is 1. The van der Waals surface area contributed by atoms with E-state index in [0.29, 0.717) is 6.54 Å². The van der Waals surface area contributed by atoms with E-state index in [2.05, 4.69) is 10.2 Å². The molecule has 0 bridgehead atoms. The van der Waals surface area contributed by atoms with Gasteiger partial charge in [0, 0.05) is 25.2 Å². The van der Waals surface area contributed by atoms with Crippen molar-refractivity contribution < 1.29 is 14.3 Å². The van der Waals surface area contributed by atoms with Crippen molar-refractivity contribution in [3.8, 4) is 5.75 Å². The molecule has 5 nitrogen and oxygen atoms in total. The fourth-order valence-corrected chi connectivity index (χ4v) is 3.95. The molecule has 1 aliphatic heterocycles. The van der Waals surface area contributed by atoms with Gasteiger partial charge in [0.25, 0.3) is 5.91 Å². The Morgan fingerprint density at radius 2 is 1.81 bits per heavy atom. The maximum Gasteiger partial charge on any atom is 0.258 e. The number of nitrogens with zero attached hydrogens (tertiary/aromatic N) is 1. The Labute approximate surface area is 162 Å². The van der Waals surface area contributed by atoms with Crippen molar-refractivity contribution in [1.82, 2.24) is 10.2 Å². The molecule has 0 spiro atoms. The Hall–Kier alpha value is -1.30. The number of hydrogen-bond acceptors (Lipinski definition) is 4. The molecule has 2 aliphatic rings. The first-order valence-electron chi connectivity index (χ1n) is 9.47. The number of morpholine rings is 1. The standard InChI is InChI=1S/C20H30N2O3.ClH/c1-17-5-7-18(8-6-17)25-15-19(23)21-16-20(9-3-2-4-10-20)22-11-13-24-14-12-22;/h5-8H,2-4,9-16H2,1H3,(H,21,23);1H. The second-order valence-electron chi connectivity index (χ2n) is 7.26. The van der Waals surface area contributed by atoms with Gasteiger partial charge in [0.05, 0.1) is 13.2 Å². The number of benzene rings is 1. The van der Waals surface area contributed by atoms with Crippen LogP contribution in [0.15, 0.2) is 24.3 Å². The number of ether oxygens (including phenoxy) is 2. The van der Waals surface area contributed by atoms with Crippen LogP contribution in [0.25, 0.3) is 0 Å². The first-order valence-corrected chi connectivity index (χ1v) is 9.47. The third-order valence-electron chi connectivity index (χ3n) is 5.47. The van der Waals surface area contributed by atoms with Crippen LogP contribution in [0, 0.1) is 6.92 Å². The van der Waals surface area contributed by atoms with Crippen LogP contribution in [0.2, 0.25) is 0 Å². The van der Waals surface area contributed by atoms with Gasteiger partial charge in [-0.3, -0.25) is 9.69 Å². The highest BCUT2D eigenvalue weighted by molar-refractivity contribution is 5.85. The molecule has 1 saturated carbocycles. The lowest BCUT2D eigenvalue weighted by Gasteiger charge is -2.48. The molecule has 0 aromatic heterocycles. The molecule has 1 aliphatic carbocycles. The summed E-state index contributed by atoms with van der Waals surface area (Å²) in [4.78, 5) is 14.8. The van der Waals surface area contributed by atoms with Crippen molar-refractivity contribution >= 4 is 18.3 Å². The van der Waals surface area contributed by atoms with Crippen molar-refractivity contribution in [3.05, 3.63) is 29.8 Å². The zero-order valence-corrected chi connectivity index (χ0v) is 16.5. The highest BCUT2D eigenvalue weighted by Crippen LogP contribution is 2.33. The van der Waals surface area contributed by atoms with E-state index in [1.807, 2.05) is 31.2 Å². The predicted molar refractivity (Wildman–Crippen MR) is 105 cm³/mol. The molecular weight excluding hydrogens is 352 g/mol. The average Bonchev–Trinajstić information content (AvgIpc) is 2.67. The number of carbonyl (C=O) groups is 1. The highest BCUT2D eigenvalue weighted by Gasteiger charge is 2.38. The van der Waals surface area contributed by atoms with E-state index in [-0.39, 0.29) is 30.5 Å². The molecule has 6 heteroatoms. The monoisotopic (exact) mass is 382 g/mol. The molecule has 26 heavy (non-hydrogen) atoms. The zero-order chi connectivity index (χ0) is 17.5. The van der Waals surface area contributed by atoms with E-state index in [0.717, 1.165) is 44.9 Å². The Bertz CT molecular complexity index is 553. The molecule has 1 aromatic carbocycles. The maximum absolute atomic E-state index is 12.3. The molecule has 1 N–H and O–H groups in total. The number of halogens is 1. The lowest BCUT2D eigenvalue weighted by atomic mass is 9.79. The molecule has 0 radical (unpaired) electrons. The van der Waals surface area contributed by atoms with Gasteiger partial charge >= 0.3 is 0 Å². The van der Waals surface area contributed by atoms with E-state index in [9.17, 15) is 4.79 Å². The van der Waals surface area contributed by atoms with Gasteiger partial charge in [0.15, 0.2) is 6.61 Å². The summed E-state index contributed by atoms with van der Waals surface area (Å²) in [6, 6.07) is 7.78. The smallest absolute Gasteiger partial charge is 0.258 e. The zero-order valence-electron chi connectivity index (χ0n) is 15.7. The molecule has 3 rings (SSSR count). The van der Waals surface area contributed by atoms with Gasteiger partial charge in [0.2, 0.25) is 0 Å². The SMILES string of the molecule is Cc1ccc(OCC(=O)NCC2(N3CCOCC3)CCCCC2)cc1.Cl. The summed E-state index contributed by atoms with van der Waals surface area (Å²) < 4.78 is 11.1. The maximum atomic E-state index is 12.3. The Balaban J connectivity index is 0.00000243. The van der Waals surface area contributed by atoms with Crippen LogP contribution in [0.3, 0.4) is 0 Å². The lowest BCUT2D eigenvalue weighted by Crippen LogP contribution is -2.60. The minimum Gasteiger partial charge on any atom is -0.484 e. The van der Waals surface area contributed by atoms with Crippen molar-refractivity contribution in [1.29, 1.82) is 0 Å². The molecular formula is C20H31ClN2O3. The van der Waals surface area contributed by atoms with Crippen LogP contribution in [0.1, 0.15) is 37.7 Å². The lowest BCUT2D eigenvalue weighted by molar-refractivity contribution is -0.124. The number of aryl methyl sites for hydroxylation is 1. The molecule has 2 fully saturated rings. The summed E-state index contributed by atoms with van der Waals surface area (Å²) in [5, 5.41) is 3.13. The molecule has 1 aromatic rings. The largest absolute Gasteiger partial charge is 0.484 e. The molecule has 1 saturated heterocycles. The summed E-state index contributed by atoms with van der Waals surface area (Å²) in [7, 11) is 0. The van der Waals surface area contributed by atoms with Gasteiger partial charge in [-0.15, -0.1) is 12.4 Å². The Morgan fingerprint density at radius 3 is 2.46 bits per heavy atom. The Morgan fingerprint density at radius 1 is 1.15 bits per heavy atom. The van der Waals surface area contributed by atoms with Gasteiger partial charge < -0.3 is 14.8 Å². The predicted octanol–water partition coefficient (Wildman–Crippen LogP) is 2.95. The molecule has 146 valence electrons. The second-order valence-corrected chi connectivity index (χ2v) is 7.26. The third kappa shape index (κ3) is 5.60. The summed E-state index contributed by atoms with van der Waals surface area (Å²) in [5.41, 5.74) is 1.28. The fourth-order valence-electron chi connectivity index (χ4n) is 3.95. The molecule has 0 unspecified atom stereocenters. The number of hydrogen-bond donors (Lipinski definition) is 1. The number of carbonyl (C=O) groups excluding carboxylic acids is 1. The topological polar surface area (TPSA) is 50.8 Å². The quantitative estimate of drug-likeness (QED) is 0.821. The summed E-state index contributed by atoms with van der Waals surface area (Å²) in [6.45, 7) is 6.35. The van der Waals surface area contributed by atoms with Crippen LogP contribution in [-0.4, -0.2) is 55.8 Å². The van der Waals surface area contributed by atoms with Gasteiger partial charge in [0.1, 0.15) is 5.75 Å². The Kier molecular flexibility index (Phi) is 8.19. The highest BCUT2D eigenvalue weighted by atomic mass is 35.5. The van der Waals surface area contributed by atoms with Crippen LogP contribution in [0.4, 0.5) is 0 Å². The first kappa shape index (κ1) is 21.0. The normalized spacial score (nSPS) is 20.0. The average molecular weight is 383 g/mol. The minimum absolute atomic E-state index is 0. The molecule has 0 atom stereocenters. The van der Waals surface area contributed by atoms with Gasteiger partial charge in [-0.1, -0.05) is 37.0 Å². The van der Waals surface area contributed by atoms with Crippen LogP contribution >= 0.6 is 12.4 Å². The van der Waals surface area contributed by atoms with E-state index >= 15 is 0 Å². The van der Waals surface area contributed by atoms with E-state index in [1.165, 1.54) is 24.8 Å². The second kappa shape index (κ2) is 10.1.